The van der Waals surface area contributed by atoms with Crippen molar-refractivity contribution in [3.63, 3.8) is 0 Å². The minimum absolute atomic E-state index is 0.258. The molecule has 0 spiro atoms. The Kier molecular flexibility index (Phi) is 3.58. The van der Waals surface area contributed by atoms with Gasteiger partial charge in [-0.15, -0.1) is 0 Å². The number of aromatic nitrogens is 1. The maximum atomic E-state index is 12.1. The molecule has 0 saturated heterocycles. The number of para-hydroxylation sites is 1. The largest absolute Gasteiger partial charge is 0.361 e. The first-order valence-electron chi connectivity index (χ1n) is 7.60. The first-order chi connectivity index (χ1) is 10.1. The lowest BCUT2D eigenvalue weighted by molar-refractivity contribution is -0.130. The third-order valence-corrected chi connectivity index (χ3v) is 4.65. The van der Waals surface area contributed by atoms with E-state index >= 15 is 0 Å². The average molecular weight is 282 g/mol. The number of rotatable bonds is 3. The predicted molar refractivity (Wildman–Crippen MR) is 86.1 cm³/mol. The normalized spacial score (nSPS) is 16.1. The zero-order valence-corrected chi connectivity index (χ0v) is 13.0. The van der Waals surface area contributed by atoms with Crippen molar-refractivity contribution in [1.29, 1.82) is 0 Å². The summed E-state index contributed by atoms with van der Waals surface area (Å²) in [5.41, 5.74) is 6.24. The molecule has 0 radical (unpaired) electrons. The van der Waals surface area contributed by atoms with Crippen LogP contribution in [0.2, 0.25) is 0 Å². The predicted octanol–water partition coefficient (Wildman–Crippen LogP) is 3.94. The fourth-order valence-corrected chi connectivity index (χ4v) is 3.12. The number of benzene rings is 1. The fraction of sp³-hybridized carbons (Fsp3) is 0.389. The summed E-state index contributed by atoms with van der Waals surface area (Å²) in [5, 5.41) is 1.28. The minimum Gasteiger partial charge on any atom is -0.361 e. The summed E-state index contributed by atoms with van der Waals surface area (Å²) in [7, 11) is 0. The van der Waals surface area contributed by atoms with Crippen molar-refractivity contribution in [3.8, 4) is 0 Å². The van der Waals surface area contributed by atoms with Crippen LogP contribution in [0.1, 0.15) is 37.8 Å². The number of hydrogen-bond acceptors (Lipinski definition) is 1. The van der Waals surface area contributed by atoms with E-state index in [4.69, 9.17) is 0 Å². The highest BCUT2D eigenvalue weighted by Gasteiger charge is 2.21. The average Bonchev–Trinajstić information content (AvgIpc) is 2.88. The van der Waals surface area contributed by atoms with Crippen molar-refractivity contribution in [3.05, 3.63) is 46.8 Å². The Bertz CT molecular complexity index is 724. The van der Waals surface area contributed by atoms with Gasteiger partial charge in [-0.3, -0.25) is 4.79 Å². The quantitative estimate of drug-likeness (QED) is 0.909. The van der Waals surface area contributed by atoms with Gasteiger partial charge < -0.3 is 9.88 Å². The van der Waals surface area contributed by atoms with Gasteiger partial charge in [0, 0.05) is 35.8 Å². The summed E-state index contributed by atoms with van der Waals surface area (Å²) < 4.78 is 0. The van der Waals surface area contributed by atoms with Crippen molar-refractivity contribution in [2.45, 2.75) is 40.0 Å². The Balaban J connectivity index is 1.82. The number of hydrogen-bond donors (Lipinski definition) is 1. The van der Waals surface area contributed by atoms with Crippen molar-refractivity contribution in [1.82, 2.24) is 9.88 Å². The molecule has 1 aromatic heterocycles. The summed E-state index contributed by atoms with van der Waals surface area (Å²) in [5.74, 6) is 0.258. The van der Waals surface area contributed by atoms with Crippen molar-refractivity contribution < 1.29 is 4.79 Å². The van der Waals surface area contributed by atoms with Gasteiger partial charge in [0.2, 0.25) is 5.91 Å². The molecule has 3 heteroatoms. The number of nitrogens with zero attached hydrogens (tertiary/aromatic N) is 1. The lowest BCUT2D eigenvalue weighted by atomic mass is 10.0. The Labute approximate surface area is 125 Å². The van der Waals surface area contributed by atoms with Gasteiger partial charge in [0.1, 0.15) is 0 Å². The summed E-state index contributed by atoms with van der Waals surface area (Å²) in [6, 6.07) is 6.36. The Hall–Kier alpha value is -2.03. The molecule has 0 saturated carbocycles. The lowest BCUT2D eigenvalue weighted by Gasteiger charge is -2.29. The molecule has 110 valence electrons. The summed E-state index contributed by atoms with van der Waals surface area (Å²) >= 11 is 0. The highest BCUT2D eigenvalue weighted by molar-refractivity contribution is 5.86. The molecule has 0 fully saturated rings. The number of carbonyl (C=O) groups is 1. The number of allylic oxidation sites excluding steroid dienone is 2. The van der Waals surface area contributed by atoms with Crippen molar-refractivity contribution >= 4 is 16.8 Å². The van der Waals surface area contributed by atoms with E-state index in [9.17, 15) is 4.79 Å². The number of carbonyl (C=O) groups excluding carboxylic acids is 1. The van der Waals surface area contributed by atoms with E-state index in [0.29, 0.717) is 6.42 Å². The van der Waals surface area contributed by atoms with Crippen LogP contribution < -0.4 is 0 Å². The van der Waals surface area contributed by atoms with Crippen LogP contribution in [0.5, 0.6) is 0 Å². The Morgan fingerprint density at radius 2 is 2.00 bits per heavy atom. The second-order valence-corrected chi connectivity index (χ2v) is 5.97. The Morgan fingerprint density at radius 3 is 2.81 bits per heavy atom. The number of H-pyrrole nitrogens is 1. The van der Waals surface area contributed by atoms with Crippen LogP contribution in [-0.2, 0) is 11.2 Å². The zero-order chi connectivity index (χ0) is 15.0. The summed E-state index contributed by atoms with van der Waals surface area (Å²) in [6.07, 6.45) is 4.53. The second-order valence-electron chi connectivity index (χ2n) is 5.97. The molecule has 1 aromatic carbocycles. The maximum Gasteiger partial charge on any atom is 0.227 e. The standard InChI is InChI=1S/C18H22N2O/c1-12-7-8-17(21)20(14(12)3)10-9-15-11-19-18-13(2)5-4-6-16(15)18/h4-6,11,19H,7-10H2,1-3H3. The molecule has 0 atom stereocenters. The van der Waals surface area contributed by atoms with Gasteiger partial charge >= 0.3 is 0 Å². The summed E-state index contributed by atoms with van der Waals surface area (Å²) in [4.78, 5) is 17.4. The van der Waals surface area contributed by atoms with Gasteiger partial charge in [0.15, 0.2) is 0 Å². The van der Waals surface area contributed by atoms with Gasteiger partial charge in [-0.05, 0) is 44.7 Å². The van der Waals surface area contributed by atoms with Crippen LogP contribution in [-0.4, -0.2) is 22.3 Å². The molecule has 3 nitrogen and oxygen atoms in total. The van der Waals surface area contributed by atoms with Gasteiger partial charge in [0.05, 0.1) is 0 Å². The molecule has 1 N–H and O–H groups in total. The van der Waals surface area contributed by atoms with Crippen LogP contribution in [0.15, 0.2) is 35.7 Å². The number of aromatic amines is 1. The highest BCUT2D eigenvalue weighted by Crippen LogP contribution is 2.25. The molecular formula is C18H22N2O. The number of aryl methyl sites for hydroxylation is 1. The van der Waals surface area contributed by atoms with Crippen molar-refractivity contribution in [2.24, 2.45) is 0 Å². The van der Waals surface area contributed by atoms with Gasteiger partial charge in [-0.2, -0.15) is 0 Å². The van der Waals surface area contributed by atoms with Crippen LogP contribution >= 0.6 is 0 Å². The molecule has 1 aliphatic heterocycles. The molecule has 0 bridgehead atoms. The van der Waals surface area contributed by atoms with E-state index in [1.807, 2.05) is 4.90 Å². The molecule has 0 aliphatic carbocycles. The van der Waals surface area contributed by atoms with Gasteiger partial charge in [-0.1, -0.05) is 23.8 Å². The van der Waals surface area contributed by atoms with Crippen molar-refractivity contribution in [2.75, 3.05) is 6.54 Å². The minimum atomic E-state index is 0.258. The first kappa shape index (κ1) is 13.9. The molecular weight excluding hydrogens is 260 g/mol. The second kappa shape index (κ2) is 5.40. The Morgan fingerprint density at radius 1 is 1.19 bits per heavy atom. The van der Waals surface area contributed by atoms with E-state index in [0.717, 1.165) is 25.1 Å². The third kappa shape index (κ3) is 2.48. The molecule has 3 rings (SSSR count). The third-order valence-electron chi connectivity index (χ3n) is 4.65. The monoisotopic (exact) mass is 282 g/mol. The van der Waals surface area contributed by atoms with E-state index in [1.54, 1.807) is 0 Å². The molecule has 1 amide bonds. The zero-order valence-electron chi connectivity index (χ0n) is 13.0. The molecule has 2 aromatic rings. The van der Waals surface area contributed by atoms with Gasteiger partial charge in [0.25, 0.3) is 0 Å². The van der Waals surface area contributed by atoms with Crippen LogP contribution in [0.4, 0.5) is 0 Å². The highest BCUT2D eigenvalue weighted by atomic mass is 16.2. The fourth-order valence-electron chi connectivity index (χ4n) is 3.12. The smallest absolute Gasteiger partial charge is 0.227 e. The molecule has 1 aliphatic rings. The van der Waals surface area contributed by atoms with E-state index in [-0.39, 0.29) is 5.91 Å². The first-order valence-corrected chi connectivity index (χ1v) is 7.60. The van der Waals surface area contributed by atoms with Crippen LogP contribution in [0.25, 0.3) is 10.9 Å². The van der Waals surface area contributed by atoms with E-state index < -0.39 is 0 Å². The number of fused-ring (bicyclic) bond motifs is 1. The number of amides is 1. The summed E-state index contributed by atoms with van der Waals surface area (Å²) in [6.45, 7) is 7.07. The van der Waals surface area contributed by atoms with Gasteiger partial charge in [-0.25, -0.2) is 0 Å². The van der Waals surface area contributed by atoms with E-state index in [2.05, 4.69) is 50.2 Å². The molecule has 0 unspecified atom stereocenters. The molecule has 21 heavy (non-hydrogen) atoms. The lowest BCUT2D eigenvalue weighted by Crippen LogP contribution is -2.34. The number of nitrogens with one attached hydrogen (secondary N) is 1. The SMILES string of the molecule is CC1=C(C)N(CCc2c[nH]c3c(C)cccc23)C(=O)CC1. The maximum absolute atomic E-state index is 12.1. The topological polar surface area (TPSA) is 36.1 Å². The van der Waals surface area contributed by atoms with E-state index in [1.165, 1.54) is 27.6 Å². The van der Waals surface area contributed by atoms with Crippen LogP contribution in [0.3, 0.4) is 0 Å². The molecule has 2 heterocycles. The van der Waals surface area contributed by atoms with Crippen LogP contribution in [0, 0.1) is 6.92 Å².